The van der Waals surface area contributed by atoms with Crippen molar-refractivity contribution in [3.63, 3.8) is 0 Å². The van der Waals surface area contributed by atoms with Crippen LogP contribution in [0.1, 0.15) is 44.7 Å². The van der Waals surface area contributed by atoms with Gasteiger partial charge >= 0.3 is 5.97 Å². The molecule has 0 atom stereocenters. The Morgan fingerprint density at radius 1 is 1.39 bits per heavy atom. The first-order valence-electron chi connectivity index (χ1n) is 7.84. The van der Waals surface area contributed by atoms with Gasteiger partial charge in [0.05, 0.1) is 24.6 Å². The molecule has 2 aromatic heterocycles. The van der Waals surface area contributed by atoms with Crippen molar-refractivity contribution >= 4 is 17.3 Å². The number of methoxy groups -OCH3 is 1. The number of thiazole rings is 1. The third kappa shape index (κ3) is 3.79. The highest BCUT2D eigenvalue weighted by molar-refractivity contribution is 7.13. The van der Waals surface area contributed by atoms with E-state index in [4.69, 9.17) is 9.47 Å². The Morgan fingerprint density at radius 3 is 3.04 bits per heavy atom. The van der Waals surface area contributed by atoms with Gasteiger partial charge in [0.1, 0.15) is 15.7 Å². The number of aromatic nitrogens is 3. The molecular weight excluding hydrogens is 314 g/mol. The third-order valence-corrected chi connectivity index (χ3v) is 4.95. The van der Waals surface area contributed by atoms with Gasteiger partial charge in [-0.05, 0) is 19.8 Å². The van der Waals surface area contributed by atoms with Crippen molar-refractivity contribution in [3.05, 3.63) is 33.3 Å². The molecule has 3 rings (SSSR count). The summed E-state index contributed by atoms with van der Waals surface area (Å²) in [5.74, 6) is 0.839. The molecule has 0 bridgehead atoms. The maximum atomic E-state index is 12.1. The second-order valence-corrected chi connectivity index (χ2v) is 6.72. The lowest BCUT2D eigenvalue weighted by Gasteiger charge is -2.11. The zero-order valence-electron chi connectivity index (χ0n) is 13.5. The van der Waals surface area contributed by atoms with Crippen molar-refractivity contribution in [2.45, 2.75) is 45.8 Å². The summed E-state index contributed by atoms with van der Waals surface area (Å²) >= 11 is 1.33. The van der Waals surface area contributed by atoms with Crippen LogP contribution in [0.4, 0.5) is 0 Å². The predicted molar refractivity (Wildman–Crippen MR) is 86.7 cm³/mol. The zero-order valence-corrected chi connectivity index (χ0v) is 14.3. The second-order valence-electron chi connectivity index (χ2n) is 5.64. The normalized spacial score (nSPS) is 13.8. The lowest BCUT2D eigenvalue weighted by atomic mass is 10.2. The maximum Gasteiger partial charge on any atom is 0.350 e. The van der Waals surface area contributed by atoms with E-state index in [1.165, 1.54) is 24.2 Å². The van der Waals surface area contributed by atoms with Crippen LogP contribution in [-0.4, -0.2) is 34.2 Å². The predicted octanol–water partition coefficient (Wildman–Crippen LogP) is 2.53. The van der Waals surface area contributed by atoms with Gasteiger partial charge in [-0.25, -0.2) is 14.8 Å². The highest BCUT2D eigenvalue weighted by atomic mass is 32.1. The van der Waals surface area contributed by atoms with Crippen molar-refractivity contribution < 1.29 is 14.3 Å². The van der Waals surface area contributed by atoms with E-state index in [1.807, 2.05) is 6.92 Å². The fraction of sp³-hybridized carbons (Fsp3) is 0.562. The quantitative estimate of drug-likeness (QED) is 0.759. The molecule has 0 aliphatic carbocycles. The van der Waals surface area contributed by atoms with Gasteiger partial charge in [-0.2, -0.15) is 0 Å². The van der Waals surface area contributed by atoms with Gasteiger partial charge in [0.25, 0.3) is 0 Å². The number of carbonyl (C=O) groups excluding carboxylic acids is 1. The molecule has 7 heteroatoms. The van der Waals surface area contributed by atoms with E-state index < -0.39 is 0 Å². The van der Waals surface area contributed by atoms with Crippen LogP contribution < -0.4 is 0 Å². The number of fused-ring (bicyclic) bond motifs is 1. The topological polar surface area (TPSA) is 66.2 Å². The minimum atomic E-state index is -0.314. The number of hydrogen-bond donors (Lipinski definition) is 0. The van der Waals surface area contributed by atoms with E-state index >= 15 is 0 Å². The Balaban J connectivity index is 1.54. The highest BCUT2D eigenvalue weighted by Gasteiger charge is 2.17. The average Bonchev–Trinajstić information content (AvgIpc) is 3.10. The first-order valence-corrected chi connectivity index (χ1v) is 8.66. The SMILES string of the molecule is COCc1nc(C)c(C(=O)OCCc2cn3c(n2)CCCC3)s1. The Morgan fingerprint density at radius 2 is 2.26 bits per heavy atom. The van der Waals surface area contributed by atoms with E-state index in [1.54, 1.807) is 7.11 Å². The minimum absolute atomic E-state index is 0.314. The first kappa shape index (κ1) is 16.1. The highest BCUT2D eigenvalue weighted by Crippen LogP contribution is 2.20. The molecule has 0 fully saturated rings. The summed E-state index contributed by atoms with van der Waals surface area (Å²) in [4.78, 5) is 21.6. The van der Waals surface area contributed by atoms with Gasteiger partial charge in [0.15, 0.2) is 0 Å². The lowest BCUT2D eigenvalue weighted by Crippen LogP contribution is -2.09. The maximum absolute atomic E-state index is 12.1. The summed E-state index contributed by atoms with van der Waals surface area (Å²) in [6.45, 7) is 3.62. The Labute approximate surface area is 139 Å². The van der Waals surface area contributed by atoms with Crippen LogP contribution in [-0.2, 0) is 35.5 Å². The Bertz CT molecular complexity index is 669. The molecule has 0 saturated heterocycles. The summed E-state index contributed by atoms with van der Waals surface area (Å²) in [7, 11) is 1.61. The molecular formula is C16H21N3O3S. The summed E-state index contributed by atoms with van der Waals surface area (Å²) in [5, 5.41) is 0.790. The molecule has 0 unspecified atom stereocenters. The van der Waals surface area contributed by atoms with Gasteiger partial charge < -0.3 is 14.0 Å². The van der Waals surface area contributed by atoms with Crippen LogP contribution in [0.3, 0.4) is 0 Å². The van der Waals surface area contributed by atoms with Crippen molar-refractivity contribution in [1.29, 1.82) is 0 Å². The Kier molecular flexibility index (Phi) is 5.07. The van der Waals surface area contributed by atoms with Crippen molar-refractivity contribution in [2.75, 3.05) is 13.7 Å². The molecule has 0 amide bonds. The van der Waals surface area contributed by atoms with Crippen molar-refractivity contribution in [1.82, 2.24) is 14.5 Å². The van der Waals surface area contributed by atoms with E-state index in [9.17, 15) is 4.79 Å². The molecule has 6 nitrogen and oxygen atoms in total. The summed E-state index contributed by atoms with van der Waals surface area (Å²) < 4.78 is 12.6. The van der Waals surface area contributed by atoms with Gasteiger partial charge in [-0.15, -0.1) is 11.3 Å². The van der Waals surface area contributed by atoms with Crippen molar-refractivity contribution in [2.24, 2.45) is 0 Å². The standard InChI is InChI=1S/C16H21N3O3S/c1-11-15(23-14(17-11)10-21-2)16(20)22-8-6-12-9-19-7-4-3-5-13(19)18-12/h9H,3-8,10H2,1-2H3. The number of nitrogens with zero attached hydrogens (tertiary/aromatic N) is 3. The minimum Gasteiger partial charge on any atom is -0.461 e. The molecule has 23 heavy (non-hydrogen) atoms. The molecule has 0 radical (unpaired) electrons. The van der Waals surface area contributed by atoms with E-state index in [0.717, 1.165) is 29.5 Å². The summed E-state index contributed by atoms with van der Waals surface area (Å²) in [5.41, 5.74) is 1.69. The fourth-order valence-corrected chi connectivity index (χ4v) is 3.66. The number of esters is 1. The number of imidazole rings is 1. The van der Waals surface area contributed by atoms with Gasteiger partial charge in [-0.3, -0.25) is 0 Å². The third-order valence-electron chi connectivity index (χ3n) is 3.84. The monoisotopic (exact) mass is 335 g/mol. The number of rotatable bonds is 6. The molecule has 0 N–H and O–H groups in total. The van der Waals surface area contributed by atoms with E-state index in [2.05, 4.69) is 20.7 Å². The van der Waals surface area contributed by atoms with Crippen LogP contribution in [0, 0.1) is 6.92 Å². The zero-order chi connectivity index (χ0) is 16.2. The number of ether oxygens (including phenoxy) is 2. The molecule has 1 aliphatic heterocycles. The first-order chi connectivity index (χ1) is 11.2. The van der Waals surface area contributed by atoms with E-state index in [0.29, 0.717) is 30.2 Å². The number of aryl methyl sites for hydroxylation is 3. The van der Waals surface area contributed by atoms with Crippen LogP contribution in [0.5, 0.6) is 0 Å². The van der Waals surface area contributed by atoms with Gasteiger partial charge in [0.2, 0.25) is 0 Å². The largest absolute Gasteiger partial charge is 0.461 e. The van der Waals surface area contributed by atoms with Crippen LogP contribution in [0.2, 0.25) is 0 Å². The summed E-state index contributed by atoms with van der Waals surface area (Å²) in [6.07, 6.45) is 6.19. The lowest BCUT2D eigenvalue weighted by molar-refractivity contribution is 0.0513. The van der Waals surface area contributed by atoms with Gasteiger partial charge in [0, 0.05) is 32.7 Å². The summed E-state index contributed by atoms with van der Waals surface area (Å²) in [6, 6.07) is 0. The molecule has 0 aromatic carbocycles. The fourth-order valence-electron chi connectivity index (χ4n) is 2.73. The molecule has 0 spiro atoms. The number of carbonyl (C=O) groups is 1. The van der Waals surface area contributed by atoms with E-state index in [-0.39, 0.29) is 5.97 Å². The van der Waals surface area contributed by atoms with Crippen LogP contribution in [0.25, 0.3) is 0 Å². The van der Waals surface area contributed by atoms with Crippen LogP contribution in [0.15, 0.2) is 6.20 Å². The molecule has 0 saturated carbocycles. The molecule has 2 aromatic rings. The molecule has 1 aliphatic rings. The number of hydrogen-bond acceptors (Lipinski definition) is 6. The smallest absolute Gasteiger partial charge is 0.350 e. The van der Waals surface area contributed by atoms with Gasteiger partial charge in [-0.1, -0.05) is 0 Å². The van der Waals surface area contributed by atoms with Crippen molar-refractivity contribution in [3.8, 4) is 0 Å². The molecule has 3 heterocycles. The average molecular weight is 335 g/mol. The second kappa shape index (κ2) is 7.23. The molecule has 124 valence electrons. The van der Waals surface area contributed by atoms with Crippen LogP contribution >= 0.6 is 11.3 Å². The Hall–Kier alpha value is -1.73.